The molecule has 2 amide bonds. The first-order chi connectivity index (χ1) is 13.5. The number of aromatic nitrogens is 2. The predicted molar refractivity (Wildman–Crippen MR) is 106 cm³/mol. The van der Waals surface area contributed by atoms with Gasteiger partial charge in [-0.2, -0.15) is 5.10 Å². The molecule has 2 fully saturated rings. The zero-order chi connectivity index (χ0) is 19.9. The topological polar surface area (TPSA) is 79.7 Å². The van der Waals surface area contributed by atoms with E-state index in [9.17, 15) is 9.59 Å². The van der Waals surface area contributed by atoms with Gasteiger partial charge in [-0.1, -0.05) is 0 Å². The van der Waals surface area contributed by atoms with E-state index in [2.05, 4.69) is 29.2 Å². The van der Waals surface area contributed by atoms with Crippen LogP contribution in [0.1, 0.15) is 44.7 Å². The highest BCUT2D eigenvalue weighted by molar-refractivity contribution is 5.83. The van der Waals surface area contributed by atoms with Gasteiger partial charge in [0, 0.05) is 63.5 Å². The second kappa shape index (κ2) is 10.0. The fourth-order valence-corrected chi connectivity index (χ4v) is 3.74. The Bertz CT molecular complexity index is 654. The second-order valence-electron chi connectivity index (χ2n) is 8.02. The molecule has 1 N–H and O–H groups in total. The van der Waals surface area contributed by atoms with Crippen molar-refractivity contribution in [2.24, 2.45) is 5.92 Å². The molecule has 0 bridgehead atoms. The molecule has 1 aromatic heterocycles. The quantitative estimate of drug-likeness (QED) is 0.716. The molecule has 3 heterocycles. The van der Waals surface area contributed by atoms with Gasteiger partial charge in [0.1, 0.15) is 0 Å². The first kappa shape index (κ1) is 20.8. The Kier molecular flexibility index (Phi) is 7.44. The van der Waals surface area contributed by atoms with Crippen molar-refractivity contribution in [2.45, 2.75) is 45.7 Å². The van der Waals surface area contributed by atoms with Crippen molar-refractivity contribution in [2.75, 3.05) is 45.9 Å². The molecule has 3 rings (SSSR count). The second-order valence-corrected chi connectivity index (χ2v) is 8.02. The minimum atomic E-state index is -0.124. The number of amides is 2. The highest BCUT2D eigenvalue weighted by Crippen LogP contribution is 2.18. The molecule has 1 aromatic rings. The zero-order valence-electron chi connectivity index (χ0n) is 17.1. The molecular weight excluding hydrogens is 358 g/mol. The van der Waals surface area contributed by atoms with E-state index in [1.54, 1.807) is 6.20 Å². The Morgan fingerprint density at radius 1 is 1.32 bits per heavy atom. The summed E-state index contributed by atoms with van der Waals surface area (Å²) in [5.41, 5.74) is 0.997. The predicted octanol–water partition coefficient (Wildman–Crippen LogP) is 1.04. The molecule has 2 aliphatic heterocycles. The smallest absolute Gasteiger partial charge is 0.225 e. The van der Waals surface area contributed by atoms with E-state index < -0.39 is 0 Å². The van der Waals surface area contributed by atoms with Gasteiger partial charge in [0.05, 0.1) is 25.3 Å². The van der Waals surface area contributed by atoms with E-state index in [1.807, 2.05) is 15.8 Å². The number of rotatable bonds is 8. The van der Waals surface area contributed by atoms with Crippen LogP contribution in [0, 0.1) is 5.92 Å². The van der Waals surface area contributed by atoms with Gasteiger partial charge in [0.25, 0.3) is 0 Å². The first-order valence-corrected chi connectivity index (χ1v) is 10.4. The maximum Gasteiger partial charge on any atom is 0.225 e. The molecule has 1 atom stereocenters. The van der Waals surface area contributed by atoms with Crippen LogP contribution in [-0.2, 0) is 20.9 Å². The van der Waals surface area contributed by atoms with Crippen LogP contribution in [-0.4, -0.2) is 77.3 Å². The summed E-state index contributed by atoms with van der Waals surface area (Å²) < 4.78 is 7.25. The molecule has 156 valence electrons. The van der Waals surface area contributed by atoms with E-state index in [4.69, 9.17) is 4.74 Å². The van der Waals surface area contributed by atoms with E-state index in [0.717, 1.165) is 51.4 Å². The van der Waals surface area contributed by atoms with Crippen LogP contribution >= 0.6 is 0 Å². The number of hydrogen-bond donors (Lipinski definition) is 1. The molecule has 0 aromatic carbocycles. The standard InChI is InChI=1S/C20H33N5O3/c1-16(2)25-14-17(13-22-25)12-21-20(27)18-4-5-19(26)24(15-18)7-3-6-23-8-10-28-11-9-23/h13-14,16,18H,3-12,15H2,1-2H3,(H,21,27)/t18-/m1/s1. The van der Waals surface area contributed by atoms with Gasteiger partial charge in [-0.15, -0.1) is 0 Å². The third-order valence-corrected chi connectivity index (χ3v) is 5.53. The fourth-order valence-electron chi connectivity index (χ4n) is 3.74. The molecule has 8 heteroatoms. The Morgan fingerprint density at radius 3 is 2.82 bits per heavy atom. The summed E-state index contributed by atoms with van der Waals surface area (Å²) in [5, 5.41) is 7.31. The van der Waals surface area contributed by atoms with Crippen LogP contribution < -0.4 is 5.32 Å². The molecule has 0 saturated carbocycles. The van der Waals surface area contributed by atoms with Gasteiger partial charge in [-0.25, -0.2) is 0 Å². The van der Waals surface area contributed by atoms with Crippen molar-refractivity contribution in [3.05, 3.63) is 18.0 Å². The lowest BCUT2D eigenvalue weighted by Gasteiger charge is -2.33. The first-order valence-electron chi connectivity index (χ1n) is 10.4. The van der Waals surface area contributed by atoms with Crippen LogP contribution in [0.4, 0.5) is 0 Å². The average molecular weight is 392 g/mol. The van der Waals surface area contributed by atoms with E-state index in [0.29, 0.717) is 32.0 Å². The zero-order valence-corrected chi connectivity index (χ0v) is 17.1. The van der Waals surface area contributed by atoms with Gasteiger partial charge < -0.3 is 15.0 Å². The van der Waals surface area contributed by atoms with Gasteiger partial charge >= 0.3 is 0 Å². The highest BCUT2D eigenvalue weighted by Gasteiger charge is 2.30. The lowest BCUT2D eigenvalue weighted by molar-refractivity contribution is -0.138. The maximum absolute atomic E-state index is 12.6. The molecule has 0 unspecified atom stereocenters. The molecule has 8 nitrogen and oxygen atoms in total. The number of ether oxygens (including phenoxy) is 1. The normalized spacial score (nSPS) is 21.3. The van der Waals surface area contributed by atoms with Crippen molar-refractivity contribution in [1.29, 1.82) is 0 Å². The van der Waals surface area contributed by atoms with Gasteiger partial charge in [-0.3, -0.25) is 19.2 Å². The third kappa shape index (κ3) is 5.78. The number of carbonyl (C=O) groups excluding carboxylic acids is 2. The summed E-state index contributed by atoms with van der Waals surface area (Å²) in [7, 11) is 0. The van der Waals surface area contributed by atoms with E-state index >= 15 is 0 Å². The number of hydrogen-bond acceptors (Lipinski definition) is 5. The largest absolute Gasteiger partial charge is 0.379 e. The molecule has 2 aliphatic rings. The lowest BCUT2D eigenvalue weighted by Crippen LogP contribution is -2.46. The van der Waals surface area contributed by atoms with Crippen molar-refractivity contribution in [3.8, 4) is 0 Å². The average Bonchev–Trinajstić information content (AvgIpc) is 3.18. The molecule has 0 aliphatic carbocycles. The van der Waals surface area contributed by atoms with Crippen molar-refractivity contribution < 1.29 is 14.3 Å². The third-order valence-electron chi connectivity index (χ3n) is 5.53. The summed E-state index contributed by atoms with van der Waals surface area (Å²) in [6.07, 6.45) is 5.79. The molecule has 28 heavy (non-hydrogen) atoms. The fraction of sp³-hybridized carbons (Fsp3) is 0.750. The van der Waals surface area contributed by atoms with Crippen molar-refractivity contribution in [1.82, 2.24) is 24.9 Å². The Balaban J connectivity index is 1.41. The monoisotopic (exact) mass is 391 g/mol. The summed E-state index contributed by atoms with van der Waals surface area (Å²) in [6.45, 7) is 10.4. The Labute approximate surface area is 167 Å². The van der Waals surface area contributed by atoms with Crippen LogP contribution in [0.5, 0.6) is 0 Å². The molecule has 0 spiro atoms. The number of piperidine rings is 1. The summed E-state index contributed by atoms with van der Waals surface area (Å²) in [5.74, 6) is 0.0773. The minimum absolute atomic E-state index is 0.0305. The number of morpholine rings is 1. The molecule has 2 saturated heterocycles. The van der Waals surface area contributed by atoms with Crippen LogP contribution in [0.2, 0.25) is 0 Å². The maximum atomic E-state index is 12.6. The number of nitrogens with zero attached hydrogens (tertiary/aromatic N) is 4. The number of nitrogens with one attached hydrogen (secondary N) is 1. The van der Waals surface area contributed by atoms with Crippen molar-refractivity contribution >= 4 is 11.8 Å². The summed E-state index contributed by atoms with van der Waals surface area (Å²) >= 11 is 0. The highest BCUT2D eigenvalue weighted by atomic mass is 16.5. The van der Waals surface area contributed by atoms with Gasteiger partial charge in [-0.05, 0) is 26.7 Å². The lowest BCUT2D eigenvalue weighted by atomic mass is 9.96. The summed E-state index contributed by atoms with van der Waals surface area (Å²) in [6, 6.07) is 0.305. The summed E-state index contributed by atoms with van der Waals surface area (Å²) in [4.78, 5) is 29.1. The van der Waals surface area contributed by atoms with E-state index in [-0.39, 0.29) is 17.7 Å². The van der Waals surface area contributed by atoms with Gasteiger partial charge in [0.2, 0.25) is 11.8 Å². The van der Waals surface area contributed by atoms with E-state index in [1.165, 1.54) is 0 Å². The Morgan fingerprint density at radius 2 is 2.11 bits per heavy atom. The number of likely N-dealkylation sites (tertiary alicyclic amines) is 1. The molecule has 0 radical (unpaired) electrons. The molecular formula is C20H33N5O3. The van der Waals surface area contributed by atoms with Crippen LogP contribution in [0.3, 0.4) is 0 Å². The SMILES string of the molecule is CC(C)n1cc(CNC(=O)[C@@H]2CCC(=O)N(CCCN3CCOCC3)C2)cn1. The van der Waals surface area contributed by atoms with Gasteiger partial charge in [0.15, 0.2) is 0 Å². The van der Waals surface area contributed by atoms with Crippen molar-refractivity contribution in [3.63, 3.8) is 0 Å². The van der Waals surface area contributed by atoms with Crippen LogP contribution in [0.25, 0.3) is 0 Å². The Hall–Kier alpha value is -1.93. The van der Waals surface area contributed by atoms with Crippen LogP contribution in [0.15, 0.2) is 12.4 Å². The minimum Gasteiger partial charge on any atom is -0.379 e. The number of carbonyl (C=O) groups is 2.